The summed E-state index contributed by atoms with van der Waals surface area (Å²) in [5, 5.41) is 5.46. The van der Waals surface area contributed by atoms with E-state index in [9.17, 15) is 9.59 Å². The highest BCUT2D eigenvalue weighted by atomic mass is 32.1. The Balaban J connectivity index is 0.00000121. The van der Waals surface area contributed by atoms with E-state index >= 15 is 0 Å². The summed E-state index contributed by atoms with van der Waals surface area (Å²) in [6, 6.07) is 12.8. The first-order valence-electron chi connectivity index (χ1n) is 24.1. The topological polar surface area (TPSA) is 173 Å². The number of methoxy groups -OCH3 is 1. The molecule has 15 nitrogen and oxygen atoms in total. The molecule has 366 valence electrons. The highest BCUT2D eigenvalue weighted by Gasteiger charge is 2.34. The molecule has 6 aromatic rings. The number of nitrogens with zero attached hydrogens (tertiary/aromatic N) is 6. The summed E-state index contributed by atoms with van der Waals surface area (Å²) < 4.78 is 19.0. The van der Waals surface area contributed by atoms with E-state index in [0.717, 1.165) is 79.5 Å². The minimum atomic E-state index is -0.582. The molecule has 1 aliphatic heterocycles. The van der Waals surface area contributed by atoms with Gasteiger partial charge in [0.1, 0.15) is 23.0 Å². The van der Waals surface area contributed by atoms with Gasteiger partial charge in [-0.2, -0.15) is 0 Å². The van der Waals surface area contributed by atoms with E-state index < -0.39 is 11.8 Å². The number of carbonyl (C=O) groups is 3. The fourth-order valence-corrected chi connectivity index (χ4v) is 9.75. The third-order valence-corrected chi connectivity index (χ3v) is 13.1. The van der Waals surface area contributed by atoms with Gasteiger partial charge in [0.25, 0.3) is 6.47 Å². The van der Waals surface area contributed by atoms with E-state index in [1.807, 2.05) is 72.1 Å². The van der Waals surface area contributed by atoms with Crippen LogP contribution in [0.4, 0.5) is 4.79 Å². The molecule has 16 heteroatoms. The number of aromatic amines is 2. The standard InChI is InChI=1S/C48H61N9O4S.C2H4O2.C2H6/c1-10-17-55(45(58)43(49-9)28(3)4)26-40-51-24-35(54-40)32-19-29(5)42-37-21-33-20-31(34-23-50-41(53-34)27-56(18-11-2)47(59)61-48(6,7)8)15-16-36(33)57(37)46(60-38(42)22-32)39-25-52-44(62-39)30-13-12-14-30;1-4-2-3;1-2/h15-16,19-25,28,30,43,46,49H,10-14,17-18,26-27H2,1-9H3,(H,50,53)(H,51,54);2H,1H3;1-2H3. The summed E-state index contributed by atoms with van der Waals surface area (Å²) in [6.45, 7) is 22.4. The van der Waals surface area contributed by atoms with Crippen LogP contribution in [0.25, 0.3) is 44.7 Å². The van der Waals surface area contributed by atoms with Crippen LogP contribution in [-0.4, -0.2) is 96.6 Å². The van der Waals surface area contributed by atoms with Crippen LogP contribution in [0.1, 0.15) is 134 Å². The predicted molar refractivity (Wildman–Crippen MR) is 269 cm³/mol. The first kappa shape index (κ1) is 51.4. The van der Waals surface area contributed by atoms with Crippen LogP contribution in [0.3, 0.4) is 0 Å². The Morgan fingerprint density at radius 1 is 0.941 bits per heavy atom. The zero-order valence-electron chi connectivity index (χ0n) is 42.0. The van der Waals surface area contributed by atoms with Crippen LogP contribution in [0, 0.1) is 12.8 Å². The first-order chi connectivity index (χ1) is 32.7. The summed E-state index contributed by atoms with van der Waals surface area (Å²) in [5.41, 5.74) is 7.37. The van der Waals surface area contributed by atoms with Crippen LogP contribution in [-0.2, 0) is 32.2 Å². The number of H-pyrrole nitrogens is 2. The third-order valence-electron chi connectivity index (χ3n) is 12.0. The molecular formula is C52H71N9O6S. The molecule has 3 N–H and O–H groups in total. The van der Waals surface area contributed by atoms with Gasteiger partial charge >= 0.3 is 6.09 Å². The summed E-state index contributed by atoms with van der Waals surface area (Å²) >= 11 is 1.75. The number of fused-ring (bicyclic) bond motifs is 5. The van der Waals surface area contributed by atoms with Gasteiger partial charge in [-0.25, -0.2) is 19.7 Å². The number of thiazole rings is 1. The fraction of sp³-hybridized carbons (Fsp3) is 0.500. The third kappa shape index (κ3) is 11.6. The molecule has 2 amide bonds. The number of benzene rings is 2. The number of imidazole rings is 2. The summed E-state index contributed by atoms with van der Waals surface area (Å²) in [5.74, 6) is 3.01. The molecule has 0 radical (unpaired) electrons. The zero-order valence-corrected chi connectivity index (χ0v) is 42.8. The second kappa shape index (κ2) is 22.9. The van der Waals surface area contributed by atoms with Crippen LogP contribution in [0.15, 0.2) is 55.0 Å². The van der Waals surface area contributed by atoms with Gasteiger partial charge in [0.05, 0.1) is 71.1 Å². The molecule has 0 spiro atoms. The van der Waals surface area contributed by atoms with Crippen molar-refractivity contribution < 1.29 is 28.6 Å². The number of nitrogens with one attached hydrogen (secondary N) is 3. The number of ether oxygens (including phenoxy) is 3. The minimum absolute atomic E-state index is 0.0840. The van der Waals surface area contributed by atoms with Crippen molar-refractivity contribution in [3.63, 3.8) is 0 Å². The quantitative estimate of drug-likeness (QED) is 0.0793. The van der Waals surface area contributed by atoms with E-state index in [2.05, 4.69) is 93.7 Å². The molecule has 1 aliphatic carbocycles. The Labute approximate surface area is 405 Å². The van der Waals surface area contributed by atoms with E-state index in [1.165, 1.54) is 31.4 Å². The number of likely N-dealkylation sites (N-methyl/N-ethyl adjacent to an activating group) is 1. The van der Waals surface area contributed by atoms with Gasteiger partial charge < -0.3 is 39.3 Å². The van der Waals surface area contributed by atoms with Crippen molar-refractivity contribution in [2.24, 2.45) is 5.92 Å². The second-order valence-electron chi connectivity index (χ2n) is 18.5. The first-order valence-corrected chi connectivity index (χ1v) is 24.9. The highest BCUT2D eigenvalue weighted by molar-refractivity contribution is 7.11. The number of carbonyl (C=O) groups excluding carboxylic acids is 3. The van der Waals surface area contributed by atoms with Gasteiger partial charge in [-0.15, -0.1) is 11.3 Å². The van der Waals surface area contributed by atoms with Gasteiger partial charge in [-0.1, -0.05) is 54.0 Å². The Morgan fingerprint density at radius 2 is 1.57 bits per heavy atom. The molecule has 68 heavy (non-hydrogen) atoms. The summed E-state index contributed by atoms with van der Waals surface area (Å²) in [6.07, 6.45) is 10.2. The maximum atomic E-state index is 13.5. The summed E-state index contributed by atoms with van der Waals surface area (Å²) in [7, 11) is 3.16. The van der Waals surface area contributed by atoms with E-state index in [1.54, 1.807) is 16.2 Å². The van der Waals surface area contributed by atoms with E-state index in [-0.39, 0.29) is 24.0 Å². The van der Waals surface area contributed by atoms with Crippen LogP contribution in [0.2, 0.25) is 0 Å². The Bertz CT molecular complexity index is 2630. The molecule has 1 fully saturated rings. The van der Waals surface area contributed by atoms with Crippen molar-refractivity contribution in [1.29, 1.82) is 0 Å². The smallest absolute Gasteiger partial charge is 0.410 e. The van der Waals surface area contributed by atoms with Gasteiger partial charge in [-0.3, -0.25) is 14.2 Å². The Kier molecular flexibility index (Phi) is 17.3. The molecule has 0 saturated heterocycles. The number of rotatable bonds is 16. The van der Waals surface area contributed by atoms with Crippen LogP contribution in [0.5, 0.6) is 5.75 Å². The molecule has 2 unspecified atom stereocenters. The monoisotopic (exact) mass is 950 g/mol. The van der Waals surface area contributed by atoms with Crippen molar-refractivity contribution in [2.75, 3.05) is 27.2 Å². The lowest BCUT2D eigenvalue weighted by atomic mass is 9.86. The molecule has 2 atom stereocenters. The summed E-state index contributed by atoms with van der Waals surface area (Å²) in [4.78, 5) is 61.5. The molecule has 2 aliphatic rings. The highest BCUT2D eigenvalue weighted by Crippen LogP contribution is 2.49. The lowest BCUT2D eigenvalue weighted by Crippen LogP contribution is -2.48. The van der Waals surface area contributed by atoms with Crippen molar-refractivity contribution >= 4 is 40.7 Å². The fourth-order valence-electron chi connectivity index (χ4n) is 8.65. The Morgan fingerprint density at radius 3 is 2.15 bits per heavy atom. The number of aromatic nitrogens is 6. The maximum absolute atomic E-state index is 13.5. The lowest BCUT2D eigenvalue weighted by molar-refractivity contribution is -0.135. The SMILES string of the molecule is CC.CCCN(Cc1ncc(-c2ccc3c(c2)cc2n3C(c3cnc(C4CCC4)s3)Oc3cc(-c4cnc(CN(CCC)C(=O)C(NC)C(C)C)[nH]4)cc(C)c3-2)[nH]1)C(=O)OC(C)(C)C.COC=O. The van der Waals surface area contributed by atoms with Crippen molar-refractivity contribution in [3.05, 3.63) is 82.1 Å². The second-order valence-corrected chi connectivity index (χ2v) is 19.6. The molecule has 4 aromatic heterocycles. The van der Waals surface area contributed by atoms with E-state index in [0.29, 0.717) is 44.4 Å². The molecular weight excluding hydrogens is 879 g/mol. The molecule has 1 saturated carbocycles. The van der Waals surface area contributed by atoms with Gasteiger partial charge in [-0.05, 0) is 102 Å². The average molecular weight is 950 g/mol. The molecule has 5 heterocycles. The van der Waals surface area contributed by atoms with Gasteiger partial charge in [0, 0.05) is 47.3 Å². The Hall–Kier alpha value is -6.00. The zero-order chi connectivity index (χ0) is 49.3. The normalized spacial score (nSPS) is 14.6. The predicted octanol–water partition coefficient (Wildman–Crippen LogP) is 11.0. The van der Waals surface area contributed by atoms with Gasteiger partial charge in [0.15, 0.2) is 0 Å². The number of aryl methyl sites for hydroxylation is 1. The largest absolute Gasteiger partial charge is 0.471 e. The molecule has 0 bridgehead atoms. The average Bonchev–Trinajstić information content (AvgIpc) is 4.13. The number of amides is 2. The molecule has 8 rings (SSSR count). The van der Waals surface area contributed by atoms with Crippen molar-refractivity contribution in [3.8, 4) is 39.5 Å². The van der Waals surface area contributed by atoms with E-state index in [4.69, 9.17) is 24.2 Å². The van der Waals surface area contributed by atoms with Crippen molar-refractivity contribution in [2.45, 2.75) is 138 Å². The lowest BCUT2D eigenvalue weighted by Gasteiger charge is -2.30. The molecule has 2 aromatic carbocycles. The number of hydrogen-bond acceptors (Lipinski definition) is 11. The van der Waals surface area contributed by atoms with Gasteiger partial charge in [0.2, 0.25) is 12.1 Å². The minimum Gasteiger partial charge on any atom is -0.471 e. The van der Waals surface area contributed by atoms with Crippen molar-refractivity contribution in [1.82, 2.24) is 44.6 Å². The van der Waals surface area contributed by atoms with Crippen LogP contribution >= 0.6 is 11.3 Å². The maximum Gasteiger partial charge on any atom is 0.410 e. The number of hydrogen-bond donors (Lipinski definition) is 3. The van der Waals surface area contributed by atoms with Crippen LogP contribution < -0.4 is 10.1 Å².